The van der Waals surface area contributed by atoms with Crippen LogP contribution in [0.25, 0.3) is 0 Å². The topological polar surface area (TPSA) is 101 Å². The first kappa shape index (κ1) is 14.2. The van der Waals surface area contributed by atoms with Crippen LogP contribution >= 0.6 is 0 Å². The molecule has 0 radical (unpaired) electrons. The number of nitrogens with one attached hydrogen (secondary N) is 1. The molecule has 0 aliphatic carbocycles. The Morgan fingerprint density at radius 3 is 2.40 bits per heavy atom. The molecule has 0 atom stereocenters. The summed E-state index contributed by atoms with van der Waals surface area (Å²) >= 11 is 0. The van der Waals surface area contributed by atoms with E-state index in [1.807, 2.05) is 13.0 Å². The molecular formula is C14H20N4O2. The lowest BCUT2D eigenvalue weighted by molar-refractivity contribution is 0.1000. The van der Waals surface area contributed by atoms with Gasteiger partial charge in [-0.3, -0.25) is 4.79 Å². The van der Waals surface area contributed by atoms with Crippen molar-refractivity contribution >= 4 is 17.6 Å². The molecule has 1 aromatic carbocycles. The molecule has 1 fully saturated rings. The minimum Gasteiger partial charge on any atom is -0.382 e. The van der Waals surface area contributed by atoms with Gasteiger partial charge in [0.05, 0.1) is 0 Å². The second-order valence-electron chi connectivity index (χ2n) is 5.14. The highest BCUT2D eigenvalue weighted by molar-refractivity contribution is 5.93. The van der Waals surface area contributed by atoms with E-state index in [1.165, 1.54) is 0 Å². The van der Waals surface area contributed by atoms with E-state index in [9.17, 15) is 9.59 Å². The van der Waals surface area contributed by atoms with Gasteiger partial charge in [0.25, 0.3) is 0 Å². The lowest BCUT2D eigenvalue weighted by Crippen LogP contribution is -2.44. The number of carbonyl (C=O) groups is 2. The van der Waals surface area contributed by atoms with Gasteiger partial charge in [0, 0.05) is 30.4 Å². The number of urea groups is 1. The fourth-order valence-electron chi connectivity index (χ4n) is 2.44. The Labute approximate surface area is 118 Å². The highest BCUT2D eigenvalue weighted by Crippen LogP contribution is 2.21. The summed E-state index contributed by atoms with van der Waals surface area (Å²) in [4.78, 5) is 23.8. The second kappa shape index (κ2) is 5.81. The predicted molar refractivity (Wildman–Crippen MR) is 77.5 cm³/mol. The van der Waals surface area contributed by atoms with Crippen LogP contribution in [-0.2, 0) is 0 Å². The molecule has 0 bridgehead atoms. The van der Waals surface area contributed by atoms with Gasteiger partial charge in [0.2, 0.25) is 5.91 Å². The third kappa shape index (κ3) is 3.20. The molecular weight excluding hydrogens is 256 g/mol. The third-order valence-corrected chi connectivity index (χ3v) is 3.68. The van der Waals surface area contributed by atoms with Crippen LogP contribution in [0.2, 0.25) is 0 Å². The predicted octanol–water partition coefficient (Wildman–Crippen LogP) is 1.05. The zero-order valence-corrected chi connectivity index (χ0v) is 11.6. The summed E-state index contributed by atoms with van der Waals surface area (Å²) in [6.45, 7) is 3.28. The Bertz CT molecular complexity index is 522. The second-order valence-corrected chi connectivity index (χ2v) is 5.14. The normalized spacial score (nSPS) is 15.9. The summed E-state index contributed by atoms with van der Waals surface area (Å²) in [5.41, 5.74) is 13.0. The largest absolute Gasteiger partial charge is 0.382 e. The minimum atomic E-state index is -0.422. The van der Waals surface area contributed by atoms with Crippen LogP contribution in [0.3, 0.4) is 0 Å². The maximum Gasteiger partial charge on any atom is 0.314 e. The van der Waals surface area contributed by atoms with Crippen molar-refractivity contribution in [3.05, 3.63) is 29.3 Å². The molecule has 1 aliphatic rings. The summed E-state index contributed by atoms with van der Waals surface area (Å²) < 4.78 is 0. The Morgan fingerprint density at radius 1 is 1.25 bits per heavy atom. The van der Waals surface area contributed by atoms with Crippen LogP contribution in [0.4, 0.5) is 10.5 Å². The van der Waals surface area contributed by atoms with Crippen molar-refractivity contribution in [1.29, 1.82) is 0 Å². The lowest BCUT2D eigenvalue weighted by atomic mass is 10.0. The molecule has 20 heavy (non-hydrogen) atoms. The first-order chi connectivity index (χ1) is 9.47. The SMILES string of the molecule is Cc1cc(C(N)=O)ccc1NC1CCN(C(N)=O)CC1. The fourth-order valence-corrected chi connectivity index (χ4v) is 2.44. The van der Waals surface area contributed by atoms with E-state index >= 15 is 0 Å². The first-order valence-corrected chi connectivity index (χ1v) is 6.68. The number of nitrogens with zero attached hydrogens (tertiary/aromatic N) is 1. The molecule has 0 saturated carbocycles. The van der Waals surface area contributed by atoms with Gasteiger partial charge in [-0.25, -0.2) is 4.79 Å². The highest BCUT2D eigenvalue weighted by atomic mass is 16.2. The molecule has 1 saturated heterocycles. The number of aryl methyl sites for hydroxylation is 1. The summed E-state index contributed by atoms with van der Waals surface area (Å²) in [6.07, 6.45) is 1.72. The number of hydrogen-bond acceptors (Lipinski definition) is 3. The Kier molecular flexibility index (Phi) is 4.12. The van der Waals surface area contributed by atoms with E-state index < -0.39 is 5.91 Å². The van der Waals surface area contributed by atoms with E-state index in [2.05, 4.69) is 5.32 Å². The van der Waals surface area contributed by atoms with Crippen LogP contribution in [0.15, 0.2) is 18.2 Å². The van der Waals surface area contributed by atoms with Gasteiger partial charge in [0.15, 0.2) is 0 Å². The van der Waals surface area contributed by atoms with Gasteiger partial charge in [-0.2, -0.15) is 0 Å². The zero-order valence-electron chi connectivity index (χ0n) is 11.6. The smallest absolute Gasteiger partial charge is 0.314 e. The summed E-state index contributed by atoms with van der Waals surface area (Å²) in [6, 6.07) is 5.32. The summed E-state index contributed by atoms with van der Waals surface area (Å²) in [5.74, 6) is -0.422. The van der Waals surface area contributed by atoms with Gasteiger partial charge in [-0.15, -0.1) is 0 Å². The van der Waals surface area contributed by atoms with E-state index in [0.717, 1.165) is 24.1 Å². The van der Waals surface area contributed by atoms with E-state index in [4.69, 9.17) is 11.5 Å². The maximum absolute atomic E-state index is 11.1. The molecule has 1 aliphatic heterocycles. The summed E-state index contributed by atoms with van der Waals surface area (Å²) in [7, 11) is 0. The van der Waals surface area contributed by atoms with Crippen molar-refractivity contribution in [3.63, 3.8) is 0 Å². The minimum absolute atomic E-state index is 0.309. The van der Waals surface area contributed by atoms with Crippen LogP contribution in [0, 0.1) is 6.92 Å². The van der Waals surface area contributed by atoms with Crippen LogP contribution in [-0.4, -0.2) is 36.0 Å². The molecule has 6 heteroatoms. The number of rotatable bonds is 3. The molecule has 1 aromatic rings. The average Bonchev–Trinajstić information content (AvgIpc) is 2.41. The number of nitrogens with two attached hydrogens (primary N) is 2. The number of primary amides is 2. The number of likely N-dealkylation sites (tertiary alicyclic amines) is 1. The van der Waals surface area contributed by atoms with Crippen LogP contribution in [0.5, 0.6) is 0 Å². The average molecular weight is 276 g/mol. The highest BCUT2D eigenvalue weighted by Gasteiger charge is 2.21. The van der Waals surface area contributed by atoms with Crippen molar-refractivity contribution in [2.75, 3.05) is 18.4 Å². The van der Waals surface area contributed by atoms with Crippen molar-refractivity contribution in [2.45, 2.75) is 25.8 Å². The van der Waals surface area contributed by atoms with Gasteiger partial charge in [0.1, 0.15) is 0 Å². The molecule has 108 valence electrons. The van der Waals surface area contributed by atoms with Crippen LogP contribution in [0.1, 0.15) is 28.8 Å². The van der Waals surface area contributed by atoms with E-state index in [0.29, 0.717) is 24.7 Å². The number of anilines is 1. The molecule has 2 rings (SSSR count). The molecule has 3 amide bonds. The number of carbonyl (C=O) groups excluding carboxylic acids is 2. The third-order valence-electron chi connectivity index (χ3n) is 3.68. The number of benzene rings is 1. The Balaban J connectivity index is 1.98. The molecule has 0 aromatic heterocycles. The number of hydrogen-bond donors (Lipinski definition) is 3. The van der Waals surface area contributed by atoms with Crippen molar-refractivity contribution in [2.24, 2.45) is 11.5 Å². The van der Waals surface area contributed by atoms with Gasteiger partial charge < -0.3 is 21.7 Å². The zero-order chi connectivity index (χ0) is 14.7. The standard InChI is InChI=1S/C14H20N4O2/c1-9-8-10(13(15)19)2-3-12(9)17-11-4-6-18(7-5-11)14(16)20/h2-3,8,11,17H,4-7H2,1H3,(H2,15,19)(H2,16,20). The number of piperidine rings is 1. The van der Waals surface area contributed by atoms with E-state index in [-0.39, 0.29) is 6.03 Å². The van der Waals surface area contributed by atoms with Crippen molar-refractivity contribution in [1.82, 2.24) is 4.90 Å². The first-order valence-electron chi connectivity index (χ1n) is 6.68. The Morgan fingerprint density at radius 2 is 1.90 bits per heavy atom. The lowest BCUT2D eigenvalue weighted by Gasteiger charge is -2.32. The molecule has 5 N–H and O–H groups in total. The van der Waals surface area contributed by atoms with Gasteiger partial charge in [-0.05, 0) is 43.5 Å². The monoisotopic (exact) mass is 276 g/mol. The molecule has 6 nitrogen and oxygen atoms in total. The maximum atomic E-state index is 11.1. The quantitative estimate of drug-likeness (QED) is 0.769. The number of amides is 3. The van der Waals surface area contributed by atoms with Crippen LogP contribution < -0.4 is 16.8 Å². The van der Waals surface area contributed by atoms with Crippen molar-refractivity contribution < 1.29 is 9.59 Å². The summed E-state index contributed by atoms with van der Waals surface area (Å²) in [5, 5.41) is 3.44. The molecule has 0 spiro atoms. The van der Waals surface area contributed by atoms with Gasteiger partial charge >= 0.3 is 6.03 Å². The molecule has 1 heterocycles. The Hall–Kier alpha value is -2.24. The van der Waals surface area contributed by atoms with Gasteiger partial charge in [-0.1, -0.05) is 0 Å². The van der Waals surface area contributed by atoms with E-state index in [1.54, 1.807) is 17.0 Å². The fraction of sp³-hybridized carbons (Fsp3) is 0.429. The molecule has 0 unspecified atom stereocenters. The van der Waals surface area contributed by atoms with Crippen molar-refractivity contribution in [3.8, 4) is 0 Å².